The van der Waals surface area contributed by atoms with E-state index in [0.29, 0.717) is 16.7 Å². The van der Waals surface area contributed by atoms with Crippen molar-refractivity contribution in [2.24, 2.45) is 0 Å². The van der Waals surface area contributed by atoms with Gasteiger partial charge >= 0.3 is 5.63 Å². The zero-order valence-electron chi connectivity index (χ0n) is 12.4. The van der Waals surface area contributed by atoms with Gasteiger partial charge < -0.3 is 9.15 Å². The lowest BCUT2D eigenvalue weighted by Gasteiger charge is -2.13. The second-order valence-electron chi connectivity index (χ2n) is 4.88. The molecule has 6 nitrogen and oxygen atoms in total. The highest BCUT2D eigenvalue weighted by Gasteiger charge is 2.23. The second-order valence-corrected chi connectivity index (χ2v) is 6.91. The van der Waals surface area contributed by atoms with E-state index in [1.807, 2.05) is 0 Å². The number of hydrogen-bond donors (Lipinski definition) is 1. The van der Waals surface area contributed by atoms with Crippen molar-refractivity contribution in [3.63, 3.8) is 0 Å². The number of anilines is 1. The summed E-state index contributed by atoms with van der Waals surface area (Å²) in [4.78, 5) is 11.0. The summed E-state index contributed by atoms with van der Waals surface area (Å²) in [6.45, 7) is 0. The van der Waals surface area contributed by atoms with Crippen molar-refractivity contribution in [2.45, 2.75) is 4.90 Å². The number of halogens is 1. The molecular formula is C16H12ClNO5S. The smallest absolute Gasteiger partial charge is 0.336 e. The summed E-state index contributed by atoms with van der Waals surface area (Å²) < 4.78 is 37.8. The van der Waals surface area contributed by atoms with Crippen LogP contribution in [-0.4, -0.2) is 15.5 Å². The Morgan fingerprint density at radius 2 is 1.92 bits per heavy atom. The van der Waals surface area contributed by atoms with Gasteiger partial charge in [-0.25, -0.2) is 13.2 Å². The van der Waals surface area contributed by atoms with Crippen molar-refractivity contribution in [2.75, 3.05) is 11.8 Å². The zero-order chi connectivity index (χ0) is 17.3. The number of fused-ring (bicyclic) bond motifs is 1. The van der Waals surface area contributed by atoms with Crippen LogP contribution < -0.4 is 15.1 Å². The van der Waals surface area contributed by atoms with Gasteiger partial charge in [0.1, 0.15) is 16.2 Å². The van der Waals surface area contributed by atoms with E-state index in [1.54, 1.807) is 18.2 Å². The van der Waals surface area contributed by atoms with Crippen LogP contribution in [0.1, 0.15) is 0 Å². The van der Waals surface area contributed by atoms with Gasteiger partial charge in [-0.1, -0.05) is 17.7 Å². The molecule has 0 aliphatic heterocycles. The number of ether oxygens (including phenoxy) is 1. The number of methoxy groups -OCH3 is 1. The molecule has 0 fully saturated rings. The molecule has 0 amide bonds. The van der Waals surface area contributed by atoms with Gasteiger partial charge in [0.05, 0.1) is 12.1 Å². The van der Waals surface area contributed by atoms with Crippen LogP contribution in [0.5, 0.6) is 5.75 Å². The minimum atomic E-state index is -3.96. The van der Waals surface area contributed by atoms with Crippen LogP contribution in [-0.2, 0) is 10.0 Å². The average molecular weight is 366 g/mol. The third-order valence-corrected chi connectivity index (χ3v) is 5.18. The van der Waals surface area contributed by atoms with Gasteiger partial charge in [0.2, 0.25) is 0 Å². The Morgan fingerprint density at radius 1 is 1.12 bits per heavy atom. The monoisotopic (exact) mass is 365 g/mol. The molecule has 0 aliphatic carbocycles. The minimum absolute atomic E-state index is 0.0497. The molecule has 0 unspecified atom stereocenters. The predicted molar refractivity (Wildman–Crippen MR) is 91.3 cm³/mol. The molecule has 3 rings (SSSR count). The lowest BCUT2D eigenvalue weighted by Crippen LogP contribution is -2.14. The number of sulfonamides is 1. The highest BCUT2D eigenvalue weighted by atomic mass is 35.5. The molecule has 1 aromatic heterocycles. The summed E-state index contributed by atoms with van der Waals surface area (Å²) in [5.74, 6) is 0.141. The number of nitrogens with one attached hydrogen (secondary N) is 1. The average Bonchev–Trinajstić information content (AvgIpc) is 2.54. The molecule has 0 aliphatic rings. The quantitative estimate of drug-likeness (QED) is 0.717. The fraction of sp³-hybridized carbons (Fsp3) is 0.0625. The third kappa shape index (κ3) is 3.08. The van der Waals surface area contributed by atoms with E-state index in [4.69, 9.17) is 20.8 Å². The molecule has 0 saturated carbocycles. The van der Waals surface area contributed by atoms with Gasteiger partial charge in [0.25, 0.3) is 10.0 Å². The molecule has 1 heterocycles. The van der Waals surface area contributed by atoms with Gasteiger partial charge in [0, 0.05) is 17.1 Å². The fourth-order valence-electron chi connectivity index (χ4n) is 2.25. The molecule has 0 saturated heterocycles. The minimum Gasteiger partial charge on any atom is -0.495 e. The summed E-state index contributed by atoms with van der Waals surface area (Å²) >= 11 is 6.02. The van der Waals surface area contributed by atoms with Gasteiger partial charge in [-0.3, -0.25) is 4.72 Å². The van der Waals surface area contributed by atoms with Crippen LogP contribution in [0.15, 0.2) is 62.6 Å². The van der Waals surface area contributed by atoms with Crippen LogP contribution >= 0.6 is 11.6 Å². The molecule has 0 spiro atoms. The van der Waals surface area contributed by atoms with E-state index in [0.717, 1.165) is 0 Å². The zero-order valence-corrected chi connectivity index (χ0v) is 14.0. The van der Waals surface area contributed by atoms with Crippen LogP contribution in [0.4, 0.5) is 5.69 Å². The predicted octanol–water partition coefficient (Wildman–Crippen LogP) is 3.26. The van der Waals surface area contributed by atoms with E-state index in [2.05, 4.69) is 4.72 Å². The Bertz CT molecular complexity index is 1080. The molecule has 0 bridgehead atoms. The molecule has 1 N–H and O–H groups in total. The van der Waals surface area contributed by atoms with Gasteiger partial charge in [0.15, 0.2) is 0 Å². The molecular weight excluding hydrogens is 354 g/mol. The van der Waals surface area contributed by atoms with E-state index in [1.165, 1.54) is 37.4 Å². The van der Waals surface area contributed by atoms with Crippen molar-refractivity contribution in [1.82, 2.24) is 0 Å². The Balaban J connectivity index is 2.04. The molecule has 24 heavy (non-hydrogen) atoms. The largest absolute Gasteiger partial charge is 0.495 e. The van der Waals surface area contributed by atoms with E-state index < -0.39 is 15.6 Å². The van der Waals surface area contributed by atoms with E-state index in [-0.39, 0.29) is 15.7 Å². The molecule has 0 atom stereocenters. The van der Waals surface area contributed by atoms with E-state index in [9.17, 15) is 13.2 Å². The lowest BCUT2D eigenvalue weighted by molar-refractivity contribution is 0.403. The van der Waals surface area contributed by atoms with Gasteiger partial charge in [-0.15, -0.1) is 0 Å². The Hall–Kier alpha value is -2.51. The van der Waals surface area contributed by atoms with Crippen molar-refractivity contribution < 1.29 is 17.6 Å². The highest BCUT2D eigenvalue weighted by Crippen LogP contribution is 2.32. The van der Waals surface area contributed by atoms with Crippen molar-refractivity contribution in [3.05, 3.63) is 64.0 Å². The molecule has 0 radical (unpaired) electrons. The molecule has 3 aromatic rings. The summed E-state index contributed by atoms with van der Waals surface area (Å²) in [6, 6.07) is 11.9. The summed E-state index contributed by atoms with van der Waals surface area (Å²) in [5.41, 5.74) is 0.190. The summed E-state index contributed by atoms with van der Waals surface area (Å²) in [5, 5.41) is 0.634. The van der Waals surface area contributed by atoms with Crippen LogP contribution in [0.2, 0.25) is 5.02 Å². The number of hydrogen-bond acceptors (Lipinski definition) is 5. The third-order valence-electron chi connectivity index (χ3n) is 3.29. The maximum absolute atomic E-state index is 12.6. The maximum atomic E-state index is 12.6. The first-order valence-corrected chi connectivity index (χ1v) is 8.66. The molecule has 2 aromatic carbocycles. The molecule has 124 valence electrons. The van der Waals surface area contributed by atoms with Crippen molar-refractivity contribution in [1.29, 1.82) is 0 Å². The highest BCUT2D eigenvalue weighted by molar-refractivity contribution is 7.93. The van der Waals surface area contributed by atoms with Crippen LogP contribution in [0.3, 0.4) is 0 Å². The standard InChI is InChI=1S/C16H12ClNO5S/c1-22-14-4-2-3-12(17)16(14)24(20,21)18-11-6-7-13-10(9-11)5-8-15(19)23-13/h2-9,18H,1H3. The van der Waals surface area contributed by atoms with Crippen molar-refractivity contribution in [3.8, 4) is 5.75 Å². The number of benzene rings is 2. The second kappa shape index (κ2) is 6.18. The summed E-state index contributed by atoms with van der Waals surface area (Å²) in [7, 11) is -2.60. The maximum Gasteiger partial charge on any atom is 0.336 e. The Morgan fingerprint density at radius 3 is 2.67 bits per heavy atom. The van der Waals surface area contributed by atoms with Gasteiger partial charge in [-0.2, -0.15) is 0 Å². The van der Waals surface area contributed by atoms with Crippen molar-refractivity contribution >= 4 is 38.3 Å². The molecule has 8 heteroatoms. The fourth-order valence-corrected chi connectivity index (χ4v) is 4.00. The first-order valence-electron chi connectivity index (χ1n) is 6.80. The normalized spacial score (nSPS) is 11.4. The summed E-state index contributed by atoms with van der Waals surface area (Å²) in [6.07, 6.45) is 0. The lowest BCUT2D eigenvalue weighted by atomic mass is 10.2. The SMILES string of the molecule is COc1cccc(Cl)c1S(=O)(=O)Nc1ccc2oc(=O)ccc2c1. The van der Waals surface area contributed by atoms with Crippen LogP contribution in [0.25, 0.3) is 11.0 Å². The topological polar surface area (TPSA) is 85.6 Å². The Kier molecular flexibility index (Phi) is 4.21. The first kappa shape index (κ1) is 16.4. The Labute approximate surface area is 142 Å². The van der Waals surface area contributed by atoms with E-state index >= 15 is 0 Å². The number of rotatable bonds is 4. The van der Waals surface area contributed by atoms with Gasteiger partial charge in [-0.05, 0) is 36.4 Å². The first-order chi connectivity index (χ1) is 11.4. The van der Waals surface area contributed by atoms with Crippen LogP contribution in [0, 0.1) is 0 Å².